The summed E-state index contributed by atoms with van der Waals surface area (Å²) in [5, 5.41) is 0. The van der Waals surface area contributed by atoms with Crippen molar-refractivity contribution in [1.29, 1.82) is 0 Å². The highest BCUT2D eigenvalue weighted by atomic mass is 16.5. The Labute approximate surface area is 147 Å². The van der Waals surface area contributed by atoms with Gasteiger partial charge in [0.2, 0.25) is 0 Å². The van der Waals surface area contributed by atoms with Crippen LogP contribution in [0.2, 0.25) is 0 Å². The average Bonchev–Trinajstić information content (AvgIpc) is 3.32. The molecule has 132 valence electrons. The van der Waals surface area contributed by atoms with Crippen LogP contribution in [-0.4, -0.2) is 43.2 Å². The highest BCUT2D eigenvalue weighted by Crippen LogP contribution is 2.36. The lowest BCUT2D eigenvalue weighted by Gasteiger charge is -2.38. The predicted octanol–water partition coefficient (Wildman–Crippen LogP) is 3.74. The molecule has 2 saturated heterocycles. The van der Waals surface area contributed by atoms with Gasteiger partial charge in [-0.2, -0.15) is 0 Å². The lowest BCUT2D eigenvalue weighted by Crippen LogP contribution is -2.46. The fourth-order valence-corrected chi connectivity index (χ4v) is 3.81. The van der Waals surface area contributed by atoms with Gasteiger partial charge in [-0.15, -0.1) is 0 Å². The molecule has 25 heavy (non-hydrogen) atoms. The lowest BCUT2D eigenvalue weighted by atomic mass is 9.88. The summed E-state index contributed by atoms with van der Waals surface area (Å²) in [7, 11) is 1.63. The molecule has 0 N–H and O–H groups in total. The maximum Gasteiger partial charge on any atom is 0.289 e. The van der Waals surface area contributed by atoms with Gasteiger partial charge in [0, 0.05) is 25.3 Å². The molecule has 2 aliphatic rings. The summed E-state index contributed by atoms with van der Waals surface area (Å²) in [5.74, 6) is 1.79. The van der Waals surface area contributed by atoms with Crippen LogP contribution in [0.4, 0.5) is 0 Å². The summed E-state index contributed by atoms with van der Waals surface area (Å²) < 4.78 is 17.0. The van der Waals surface area contributed by atoms with Gasteiger partial charge in [-0.3, -0.25) is 4.79 Å². The molecule has 0 aliphatic carbocycles. The van der Waals surface area contributed by atoms with Gasteiger partial charge >= 0.3 is 0 Å². The second-order valence-corrected chi connectivity index (χ2v) is 6.82. The van der Waals surface area contributed by atoms with Crippen molar-refractivity contribution in [3.63, 3.8) is 0 Å². The summed E-state index contributed by atoms with van der Waals surface area (Å²) in [6, 6.07) is 11.2. The van der Waals surface area contributed by atoms with Gasteiger partial charge < -0.3 is 18.8 Å². The SMILES string of the molecule is COc1cccc(-c2ccc(C(=O)N3CCC4(CCCO4)CC3)o2)c1. The smallest absolute Gasteiger partial charge is 0.289 e. The molecular weight excluding hydrogens is 318 g/mol. The van der Waals surface area contributed by atoms with Crippen LogP contribution < -0.4 is 4.74 Å². The Balaban J connectivity index is 1.45. The number of amides is 1. The first-order chi connectivity index (χ1) is 12.2. The molecule has 5 nitrogen and oxygen atoms in total. The van der Waals surface area contributed by atoms with Crippen LogP contribution in [0.5, 0.6) is 5.75 Å². The minimum absolute atomic E-state index is 0.0195. The number of benzene rings is 1. The quantitative estimate of drug-likeness (QED) is 0.853. The van der Waals surface area contributed by atoms with E-state index < -0.39 is 0 Å². The Hall–Kier alpha value is -2.27. The third kappa shape index (κ3) is 3.16. The van der Waals surface area contributed by atoms with E-state index in [4.69, 9.17) is 13.9 Å². The number of hydrogen-bond acceptors (Lipinski definition) is 4. The van der Waals surface area contributed by atoms with Gasteiger partial charge in [-0.25, -0.2) is 0 Å². The molecule has 0 unspecified atom stereocenters. The van der Waals surface area contributed by atoms with Crippen LogP contribution in [0, 0.1) is 0 Å². The van der Waals surface area contributed by atoms with E-state index in [0.717, 1.165) is 56.7 Å². The Bertz CT molecular complexity index is 751. The average molecular weight is 341 g/mol. The Morgan fingerprint density at radius 1 is 1.16 bits per heavy atom. The molecule has 4 rings (SSSR count). The Kier molecular flexibility index (Phi) is 4.25. The van der Waals surface area contributed by atoms with Crippen molar-refractivity contribution in [2.75, 3.05) is 26.8 Å². The van der Waals surface area contributed by atoms with E-state index in [1.54, 1.807) is 13.2 Å². The maximum atomic E-state index is 12.7. The van der Waals surface area contributed by atoms with Crippen LogP contribution >= 0.6 is 0 Å². The van der Waals surface area contributed by atoms with Crippen molar-refractivity contribution in [1.82, 2.24) is 4.90 Å². The van der Waals surface area contributed by atoms with E-state index >= 15 is 0 Å². The molecule has 0 saturated carbocycles. The molecule has 1 aromatic carbocycles. The third-order valence-corrected chi connectivity index (χ3v) is 5.32. The number of furan rings is 1. The predicted molar refractivity (Wildman–Crippen MR) is 93.8 cm³/mol. The zero-order valence-electron chi connectivity index (χ0n) is 14.5. The third-order valence-electron chi connectivity index (χ3n) is 5.32. The highest BCUT2D eigenvalue weighted by molar-refractivity contribution is 5.92. The van der Waals surface area contributed by atoms with Crippen molar-refractivity contribution in [2.45, 2.75) is 31.3 Å². The van der Waals surface area contributed by atoms with E-state index in [0.29, 0.717) is 11.5 Å². The largest absolute Gasteiger partial charge is 0.497 e. The maximum absolute atomic E-state index is 12.7. The van der Waals surface area contributed by atoms with Gasteiger partial charge in [0.1, 0.15) is 11.5 Å². The van der Waals surface area contributed by atoms with E-state index in [-0.39, 0.29) is 11.5 Å². The van der Waals surface area contributed by atoms with E-state index in [1.165, 1.54) is 0 Å². The monoisotopic (exact) mass is 341 g/mol. The summed E-state index contributed by atoms with van der Waals surface area (Å²) in [4.78, 5) is 14.6. The number of rotatable bonds is 3. The van der Waals surface area contributed by atoms with Crippen molar-refractivity contribution in [2.24, 2.45) is 0 Å². The summed E-state index contributed by atoms with van der Waals surface area (Å²) in [5.41, 5.74) is 0.918. The minimum atomic E-state index is -0.0398. The summed E-state index contributed by atoms with van der Waals surface area (Å²) >= 11 is 0. The molecule has 0 radical (unpaired) electrons. The van der Waals surface area contributed by atoms with E-state index in [2.05, 4.69) is 0 Å². The van der Waals surface area contributed by atoms with Crippen LogP contribution in [0.15, 0.2) is 40.8 Å². The second kappa shape index (κ2) is 6.56. The fourth-order valence-electron chi connectivity index (χ4n) is 3.81. The molecule has 2 aromatic rings. The highest BCUT2D eigenvalue weighted by Gasteiger charge is 2.39. The van der Waals surface area contributed by atoms with Gasteiger partial charge in [-0.1, -0.05) is 12.1 Å². The van der Waals surface area contributed by atoms with Crippen LogP contribution in [0.1, 0.15) is 36.2 Å². The fraction of sp³-hybridized carbons (Fsp3) is 0.450. The normalized spacial score (nSPS) is 19.3. The van der Waals surface area contributed by atoms with Crippen molar-refractivity contribution < 1.29 is 18.7 Å². The molecule has 1 aromatic heterocycles. The molecular formula is C20H23NO4. The summed E-state index contributed by atoms with van der Waals surface area (Å²) in [6.45, 7) is 2.32. The minimum Gasteiger partial charge on any atom is -0.497 e. The number of carbonyl (C=O) groups is 1. The Morgan fingerprint density at radius 2 is 2.00 bits per heavy atom. The molecule has 3 heterocycles. The number of hydrogen-bond donors (Lipinski definition) is 0. The molecule has 0 bridgehead atoms. The molecule has 2 fully saturated rings. The Morgan fingerprint density at radius 3 is 2.72 bits per heavy atom. The number of carbonyl (C=O) groups excluding carboxylic acids is 1. The number of likely N-dealkylation sites (tertiary alicyclic amines) is 1. The second-order valence-electron chi connectivity index (χ2n) is 6.82. The number of ether oxygens (including phenoxy) is 2. The van der Waals surface area contributed by atoms with Gasteiger partial charge in [0.15, 0.2) is 5.76 Å². The van der Waals surface area contributed by atoms with Crippen molar-refractivity contribution in [3.8, 4) is 17.1 Å². The van der Waals surface area contributed by atoms with Crippen LogP contribution in [0.25, 0.3) is 11.3 Å². The first-order valence-corrected chi connectivity index (χ1v) is 8.87. The van der Waals surface area contributed by atoms with Crippen LogP contribution in [0.3, 0.4) is 0 Å². The van der Waals surface area contributed by atoms with E-state index in [9.17, 15) is 4.79 Å². The van der Waals surface area contributed by atoms with Gasteiger partial charge in [0.25, 0.3) is 5.91 Å². The number of methoxy groups -OCH3 is 1. The topological polar surface area (TPSA) is 51.9 Å². The molecule has 1 amide bonds. The number of piperidine rings is 1. The molecule has 0 atom stereocenters. The van der Waals surface area contributed by atoms with Crippen molar-refractivity contribution in [3.05, 3.63) is 42.2 Å². The van der Waals surface area contributed by atoms with Crippen LogP contribution in [-0.2, 0) is 4.74 Å². The van der Waals surface area contributed by atoms with Gasteiger partial charge in [0.05, 0.1) is 12.7 Å². The lowest BCUT2D eigenvalue weighted by molar-refractivity contribution is -0.0391. The first-order valence-electron chi connectivity index (χ1n) is 8.87. The van der Waals surface area contributed by atoms with E-state index in [1.807, 2.05) is 35.2 Å². The zero-order chi connectivity index (χ0) is 17.3. The van der Waals surface area contributed by atoms with Crippen molar-refractivity contribution >= 4 is 5.91 Å². The molecule has 1 spiro atoms. The zero-order valence-corrected chi connectivity index (χ0v) is 14.5. The van der Waals surface area contributed by atoms with Gasteiger partial charge in [-0.05, 0) is 49.9 Å². The number of nitrogens with zero attached hydrogens (tertiary/aromatic N) is 1. The molecule has 2 aliphatic heterocycles. The standard InChI is InChI=1S/C20H23NO4/c1-23-16-5-2-4-15(14-16)17-6-7-18(25-17)19(22)21-11-9-20(10-12-21)8-3-13-24-20/h2,4-7,14H,3,8-13H2,1H3. The first kappa shape index (κ1) is 16.2. The summed E-state index contributed by atoms with van der Waals surface area (Å²) in [6.07, 6.45) is 4.09. The molecule has 5 heteroatoms.